The van der Waals surface area contributed by atoms with Gasteiger partial charge in [-0.1, -0.05) is 26.7 Å². The Morgan fingerprint density at radius 2 is 2.08 bits per heavy atom. The number of ether oxygens (including phenoxy) is 1. The molecule has 3 heteroatoms. The quantitative estimate of drug-likeness (QED) is 0.490. The van der Waals surface area contributed by atoms with E-state index in [1.54, 1.807) is 0 Å². The molecule has 0 aliphatic carbocycles. The van der Waals surface area contributed by atoms with Crippen molar-refractivity contribution >= 4 is 5.97 Å². The van der Waals surface area contributed by atoms with Gasteiger partial charge in [-0.25, -0.2) is 4.79 Å². The molecular formula is C9H18O3. The summed E-state index contributed by atoms with van der Waals surface area (Å²) >= 11 is 0. The summed E-state index contributed by atoms with van der Waals surface area (Å²) in [4.78, 5) is 10.9. The lowest BCUT2D eigenvalue weighted by Crippen LogP contribution is -2.23. The SMILES string of the molecule is CCCCOC(=O)[C@H](O)CCC. The van der Waals surface area contributed by atoms with Crippen LogP contribution in [-0.4, -0.2) is 23.8 Å². The molecule has 0 aliphatic rings. The molecule has 0 spiro atoms. The van der Waals surface area contributed by atoms with Gasteiger partial charge in [-0.3, -0.25) is 0 Å². The molecule has 12 heavy (non-hydrogen) atoms. The fraction of sp³-hybridized carbons (Fsp3) is 0.889. The van der Waals surface area contributed by atoms with Crippen LogP contribution in [0, 0.1) is 0 Å². The van der Waals surface area contributed by atoms with E-state index in [9.17, 15) is 4.79 Å². The predicted molar refractivity (Wildman–Crippen MR) is 46.8 cm³/mol. The minimum absolute atomic E-state index is 0.427. The van der Waals surface area contributed by atoms with E-state index in [-0.39, 0.29) is 0 Å². The third kappa shape index (κ3) is 5.13. The number of rotatable bonds is 6. The maximum Gasteiger partial charge on any atom is 0.334 e. The third-order valence-electron chi connectivity index (χ3n) is 1.58. The summed E-state index contributed by atoms with van der Waals surface area (Å²) in [5.41, 5.74) is 0. The number of aliphatic hydroxyl groups is 1. The molecule has 0 bridgehead atoms. The molecule has 0 radical (unpaired) electrons. The van der Waals surface area contributed by atoms with Crippen LogP contribution in [0.15, 0.2) is 0 Å². The van der Waals surface area contributed by atoms with Crippen molar-refractivity contribution < 1.29 is 14.6 Å². The van der Waals surface area contributed by atoms with Crippen LogP contribution >= 0.6 is 0 Å². The normalized spacial score (nSPS) is 12.6. The summed E-state index contributed by atoms with van der Waals surface area (Å²) in [6.45, 7) is 4.37. The summed E-state index contributed by atoms with van der Waals surface area (Å²) in [5.74, 6) is -0.481. The summed E-state index contributed by atoms with van der Waals surface area (Å²) < 4.78 is 4.81. The molecule has 1 N–H and O–H groups in total. The van der Waals surface area contributed by atoms with Gasteiger partial charge >= 0.3 is 5.97 Å². The average molecular weight is 174 g/mol. The van der Waals surface area contributed by atoms with E-state index in [2.05, 4.69) is 0 Å². The number of hydrogen-bond acceptors (Lipinski definition) is 3. The van der Waals surface area contributed by atoms with Crippen molar-refractivity contribution in [3.63, 3.8) is 0 Å². The predicted octanol–water partition coefficient (Wildman–Crippen LogP) is 1.49. The average Bonchev–Trinajstić information content (AvgIpc) is 2.05. The highest BCUT2D eigenvalue weighted by Crippen LogP contribution is 1.99. The van der Waals surface area contributed by atoms with Crippen molar-refractivity contribution in [2.75, 3.05) is 6.61 Å². The van der Waals surface area contributed by atoms with Gasteiger partial charge < -0.3 is 9.84 Å². The van der Waals surface area contributed by atoms with Crippen LogP contribution in [0.4, 0.5) is 0 Å². The van der Waals surface area contributed by atoms with Gasteiger partial charge in [0, 0.05) is 0 Å². The highest BCUT2D eigenvalue weighted by molar-refractivity contribution is 5.74. The van der Waals surface area contributed by atoms with Crippen LogP contribution in [0.1, 0.15) is 39.5 Å². The van der Waals surface area contributed by atoms with Crippen LogP contribution in [0.2, 0.25) is 0 Å². The first-order valence-electron chi connectivity index (χ1n) is 4.57. The number of unbranched alkanes of at least 4 members (excludes halogenated alkanes) is 1. The van der Waals surface area contributed by atoms with Crippen LogP contribution in [0.3, 0.4) is 0 Å². The van der Waals surface area contributed by atoms with Crippen molar-refractivity contribution in [2.45, 2.75) is 45.6 Å². The van der Waals surface area contributed by atoms with Gasteiger partial charge in [0.2, 0.25) is 0 Å². The molecule has 0 heterocycles. The second-order valence-corrected chi connectivity index (χ2v) is 2.83. The van der Waals surface area contributed by atoms with E-state index >= 15 is 0 Å². The van der Waals surface area contributed by atoms with Gasteiger partial charge in [-0.15, -0.1) is 0 Å². The molecule has 0 fully saturated rings. The molecule has 3 nitrogen and oxygen atoms in total. The third-order valence-corrected chi connectivity index (χ3v) is 1.58. The van der Waals surface area contributed by atoms with Gasteiger partial charge in [0.05, 0.1) is 6.61 Å². The molecule has 0 aromatic carbocycles. The van der Waals surface area contributed by atoms with Crippen molar-refractivity contribution in [3.05, 3.63) is 0 Å². The fourth-order valence-electron chi connectivity index (χ4n) is 0.805. The highest BCUT2D eigenvalue weighted by Gasteiger charge is 2.14. The van der Waals surface area contributed by atoms with Crippen molar-refractivity contribution in [3.8, 4) is 0 Å². The summed E-state index contributed by atoms with van der Waals surface area (Å²) in [6, 6.07) is 0. The Morgan fingerprint density at radius 3 is 2.58 bits per heavy atom. The summed E-state index contributed by atoms with van der Waals surface area (Å²) in [6.07, 6.45) is 2.23. The number of esters is 1. The van der Waals surface area contributed by atoms with Gasteiger partial charge in [0.1, 0.15) is 0 Å². The molecule has 1 atom stereocenters. The largest absolute Gasteiger partial charge is 0.464 e. The molecule has 0 unspecified atom stereocenters. The zero-order valence-corrected chi connectivity index (χ0v) is 7.88. The minimum Gasteiger partial charge on any atom is -0.464 e. The molecule has 0 aromatic rings. The first-order valence-corrected chi connectivity index (χ1v) is 4.57. The molecule has 0 rings (SSSR count). The molecule has 0 amide bonds. The molecule has 0 aliphatic heterocycles. The Hall–Kier alpha value is -0.570. The van der Waals surface area contributed by atoms with Gasteiger partial charge in [0.15, 0.2) is 6.10 Å². The topological polar surface area (TPSA) is 46.5 Å². The van der Waals surface area contributed by atoms with E-state index in [1.165, 1.54) is 0 Å². The molecular weight excluding hydrogens is 156 g/mol. The van der Waals surface area contributed by atoms with Crippen LogP contribution in [0.25, 0.3) is 0 Å². The van der Waals surface area contributed by atoms with Crippen LogP contribution < -0.4 is 0 Å². The van der Waals surface area contributed by atoms with Gasteiger partial charge in [-0.05, 0) is 12.8 Å². The van der Waals surface area contributed by atoms with E-state index in [0.29, 0.717) is 13.0 Å². The Balaban J connectivity index is 3.43. The number of hydrogen-bond donors (Lipinski definition) is 1. The monoisotopic (exact) mass is 174 g/mol. The lowest BCUT2D eigenvalue weighted by atomic mass is 10.2. The minimum atomic E-state index is -0.924. The maximum absolute atomic E-state index is 10.9. The second-order valence-electron chi connectivity index (χ2n) is 2.83. The van der Waals surface area contributed by atoms with Crippen LogP contribution in [-0.2, 0) is 9.53 Å². The smallest absolute Gasteiger partial charge is 0.334 e. The van der Waals surface area contributed by atoms with E-state index < -0.39 is 12.1 Å². The van der Waals surface area contributed by atoms with E-state index in [1.807, 2.05) is 13.8 Å². The Bertz CT molecular complexity index is 123. The lowest BCUT2D eigenvalue weighted by Gasteiger charge is -2.08. The standard InChI is InChI=1S/C9H18O3/c1-3-5-7-12-9(11)8(10)6-4-2/h8,10H,3-7H2,1-2H3/t8-/m1/s1. The zero-order chi connectivity index (χ0) is 9.40. The van der Waals surface area contributed by atoms with Gasteiger partial charge in [-0.2, -0.15) is 0 Å². The van der Waals surface area contributed by atoms with Crippen LogP contribution in [0.5, 0.6) is 0 Å². The zero-order valence-electron chi connectivity index (χ0n) is 7.88. The van der Waals surface area contributed by atoms with Crippen molar-refractivity contribution in [1.82, 2.24) is 0 Å². The lowest BCUT2D eigenvalue weighted by molar-refractivity contribution is -0.154. The first-order chi connectivity index (χ1) is 5.72. The maximum atomic E-state index is 10.9. The Kier molecular flexibility index (Phi) is 6.76. The number of aliphatic hydroxyl groups excluding tert-OH is 1. The fourth-order valence-corrected chi connectivity index (χ4v) is 0.805. The van der Waals surface area contributed by atoms with E-state index in [0.717, 1.165) is 19.3 Å². The Labute approximate surface area is 73.7 Å². The first kappa shape index (κ1) is 11.4. The number of carbonyl (C=O) groups is 1. The van der Waals surface area contributed by atoms with Crippen molar-refractivity contribution in [1.29, 1.82) is 0 Å². The van der Waals surface area contributed by atoms with E-state index in [4.69, 9.17) is 9.84 Å². The number of carbonyl (C=O) groups excluding carboxylic acids is 1. The molecule has 0 aromatic heterocycles. The second kappa shape index (κ2) is 7.10. The molecule has 72 valence electrons. The van der Waals surface area contributed by atoms with Gasteiger partial charge in [0.25, 0.3) is 0 Å². The summed E-state index contributed by atoms with van der Waals surface area (Å²) in [7, 11) is 0. The highest BCUT2D eigenvalue weighted by atomic mass is 16.5. The summed E-state index contributed by atoms with van der Waals surface area (Å²) in [5, 5.41) is 9.14. The Morgan fingerprint density at radius 1 is 1.42 bits per heavy atom. The molecule has 0 saturated carbocycles. The molecule has 0 saturated heterocycles. The van der Waals surface area contributed by atoms with Crippen molar-refractivity contribution in [2.24, 2.45) is 0 Å².